The zero-order valence-corrected chi connectivity index (χ0v) is 11.6. The van der Waals surface area contributed by atoms with Gasteiger partial charge in [-0.05, 0) is 13.1 Å². The molecule has 0 radical (unpaired) electrons. The summed E-state index contributed by atoms with van der Waals surface area (Å²) in [6, 6.07) is 1.66. The summed E-state index contributed by atoms with van der Waals surface area (Å²) < 4.78 is 0. The summed E-state index contributed by atoms with van der Waals surface area (Å²) in [5.74, 6) is 0. The van der Waals surface area contributed by atoms with E-state index < -0.39 is 0 Å². The first-order valence-corrected chi connectivity index (χ1v) is 6.70. The highest BCUT2D eigenvalue weighted by atomic mass is 35.5. The number of aromatic nitrogens is 2. The van der Waals surface area contributed by atoms with Crippen LogP contribution in [0.25, 0.3) is 0 Å². The second-order valence-corrected chi connectivity index (χ2v) is 5.26. The van der Waals surface area contributed by atoms with Gasteiger partial charge in [-0.1, -0.05) is 23.2 Å². The van der Waals surface area contributed by atoms with Gasteiger partial charge >= 0.3 is 0 Å². The number of nitrogens with zero attached hydrogens (tertiary/aromatic N) is 3. The van der Waals surface area contributed by atoms with Crippen LogP contribution in [0.5, 0.6) is 0 Å². The highest BCUT2D eigenvalue weighted by Gasteiger charge is 2.07. The molecule has 2 aromatic heterocycles. The molecule has 6 heteroatoms. The fourth-order valence-electron chi connectivity index (χ4n) is 1.49. The minimum Gasteiger partial charge on any atom is -0.296 e. The van der Waals surface area contributed by atoms with E-state index in [9.17, 15) is 0 Å². The molecular weight excluding hydrogens is 277 g/mol. The Hall–Kier alpha value is -0.680. The zero-order valence-electron chi connectivity index (χ0n) is 9.23. The molecule has 0 bridgehead atoms. The summed E-state index contributed by atoms with van der Waals surface area (Å²) in [7, 11) is 2.02. The van der Waals surface area contributed by atoms with E-state index >= 15 is 0 Å². The average Bonchev–Trinajstić information content (AvgIpc) is 2.75. The monoisotopic (exact) mass is 287 g/mol. The Bertz CT molecular complexity index is 487. The van der Waals surface area contributed by atoms with Crippen molar-refractivity contribution in [3.63, 3.8) is 0 Å². The third-order valence-corrected chi connectivity index (χ3v) is 3.45. The van der Waals surface area contributed by atoms with E-state index in [1.54, 1.807) is 23.6 Å². The van der Waals surface area contributed by atoms with Gasteiger partial charge in [0.25, 0.3) is 0 Å². The van der Waals surface area contributed by atoms with Crippen molar-refractivity contribution in [2.75, 3.05) is 7.05 Å². The molecule has 2 heterocycles. The number of hydrogen-bond acceptors (Lipinski definition) is 4. The molecule has 0 saturated carbocycles. The first-order valence-electron chi connectivity index (χ1n) is 5.00. The molecule has 0 spiro atoms. The Morgan fingerprint density at radius 1 is 1.29 bits per heavy atom. The van der Waals surface area contributed by atoms with Crippen LogP contribution in [0, 0.1) is 0 Å². The van der Waals surface area contributed by atoms with Gasteiger partial charge < -0.3 is 0 Å². The van der Waals surface area contributed by atoms with E-state index in [0.717, 1.165) is 24.3 Å². The van der Waals surface area contributed by atoms with E-state index in [0.29, 0.717) is 10.2 Å². The molecule has 0 atom stereocenters. The van der Waals surface area contributed by atoms with Crippen LogP contribution in [0.2, 0.25) is 10.2 Å². The molecule has 3 nitrogen and oxygen atoms in total. The number of thiazole rings is 1. The topological polar surface area (TPSA) is 29.0 Å². The van der Waals surface area contributed by atoms with Crippen LogP contribution in [0.4, 0.5) is 0 Å². The van der Waals surface area contributed by atoms with E-state index in [-0.39, 0.29) is 0 Å². The van der Waals surface area contributed by atoms with Crippen LogP contribution in [-0.2, 0) is 13.1 Å². The maximum absolute atomic E-state index is 6.09. The van der Waals surface area contributed by atoms with Gasteiger partial charge in [0.15, 0.2) is 0 Å². The SMILES string of the molecule is CN(Cc1cscn1)Cc1cnc(Cl)cc1Cl. The zero-order chi connectivity index (χ0) is 12.3. The van der Waals surface area contributed by atoms with Crippen molar-refractivity contribution in [1.82, 2.24) is 14.9 Å². The third-order valence-electron chi connectivity index (χ3n) is 2.25. The summed E-state index contributed by atoms with van der Waals surface area (Å²) >= 11 is 13.4. The summed E-state index contributed by atoms with van der Waals surface area (Å²) in [5.41, 5.74) is 3.87. The van der Waals surface area contributed by atoms with Gasteiger partial charge in [-0.3, -0.25) is 4.90 Å². The molecule has 0 unspecified atom stereocenters. The quantitative estimate of drug-likeness (QED) is 0.807. The Morgan fingerprint density at radius 3 is 2.76 bits per heavy atom. The van der Waals surface area contributed by atoms with Gasteiger partial charge in [-0.15, -0.1) is 11.3 Å². The predicted molar refractivity (Wildman–Crippen MR) is 71.5 cm³/mol. The van der Waals surface area contributed by atoms with Crippen molar-refractivity contribution >= 4 is 34.5 Å². The molecule has 0 saturated heterocycles. The normalized spacial score (nSPS) is 11.1. The molecule has 90 valence electrons. The lowest BCUT2D eigenvalue weighted by atomic mass is 10.2. The second kappa shape index (κ2) is 5.78. The van der Waals surface area contributed by atoms with Gasteiger partial charge in [0, 0.05) is 35.3 Å². The van der Waals surface area contributed by atoms with E-state index in [4.69, 9.17) is 23.2 Å². The number of pyridine rings is 1. The lowest BCUT2D eigenvalue weighted by Gasteiger charge is -2.15. The smallest absolute Gasteiger partial charge is 0.130 e. The molecule has 0 fully saturated rings. The van der Waals surface area contributed by atoms with Crippen molar-refractivity contribution in [2.24, 2.45) is 0 Å². The van der Waals surface area contributed by atoms with Crippen LogP contribution in [-0.4, -0.2) is 21.9 Å². The number of rotatable bonds is 4. The van der Waals surface area contributed by atoms with E-state index in [1.165, 1.54) is 0 Å². The van der Waals surface area contributed by atoms with E-state index in [2.05, 4.69) is 14.9 Å². The van der Waals surface area contributed by atoms with Gasteiger partial charge in [0.1, 0.15) is 5.15 Å². The first kappa shape index (κ1) is 12.8. The molecule has 0 amide bonds. The minimum absolute atomic E-state index is 0.418. The van der Waals surface area contributed by atoms with Crippen molar-refractivity contribution in [1.29, 1.82) is 0 Å². The van der Waals surface area contributed by atoms with Crippen LogP contribution in [0.1, 0.15) is 11.3 Å². The Labute approximate surface area is 114 Å². The fraction of sp³-hybridized carbons (Fsp3) is 0.273. The van der Waals surface area contributed by atoms with Crippen molar-refractivity contribution in [2.45, 2.75) is 13.1 Å². The Morgan fingerprint density at radius 2 is 2.12 bits per heavy atom. The largest absolute Gasteiger partial charge is 0.296 e. The predicted octanol–water partition coefficient (Wildman–Crippen LogP) is 3.48. The summed E-state index contributed by atoms with van der Waals surface area (Å²) in [4.78, 5) is 10.4. The van der Waals surface area contributed by atoms with Crippen molar-refractivity contribution < 1.29 is 0 Å². The molecule has 0 aliphatic heterocycles. The maximum Gasteiger partial charge on any atom is 0.130 e. The molecular formula is C11H11Cl2N3S. The average molecular weight is 288 g/mol. The highest BCUT2D eigenvalue weighted by molar-refractivity contribution is 7.07. The van der Waals surface area contributed by atoms with Gasteiger partial charge in [-0.25, -0.2) is 9.97 Å². The van der Waals surface area contributed by atoms with Crippen LogP contribution in [0.3, 0.4) is 0 Å². The van der Waals surface area contributed by atoms with Crippen LogP contribution < -0.4 is 0 Å². The first-order chi connectivity index (χ1) is 8.15. The Balaban J connectivity index is 2.00. The lowest BCUT2D eigenvalue weighted by Crippen LogP contribution is -2.17. The fourth-order valence-corrected chi connectivity index (χ4v) is 2.47. The molecule has 0 aromatic carbocycles. The molecule has 2 aromatic rings. The third kappa shape index (κ3) is 3.64. The number of hydrogen-bond donors (Lipinski definition) is 0. The van der Waals surface area contributed by atoms with Gasteiger partial charge in [-0.2, -0.15) is 0 Å². The maximum atomic E-state index is 6.09. The molecule has 0 N–H and O–H groups in total. The van der Waals surface area contributed by atoms with Gasteiger partial charge in [0.05, 0.1) is 11.2 Å². The minimum atomic E-state index is 0.418. The van der Waals surface area contributed by atoms with Crippen LogP contribution in [0.15, 0.2) is 23.2 Å². The lowest BCUT2D eigenvalue weighted by molar-refractivity contribution is 0.315. The molecule has 0 aliphatic rings. The van der Waals surface area contributed by atoms with Crippen molar-refractivity contribution in [3.8, 4) is 0 Å². The molecule has 0 aliphatic carbocycles. The second-order valence-electron chi connectivity index (χ2n) is 3.75. The van der Waals surface area contributed by atoms with E-state index in [1.807, 2.05) is 17.9 Å². The van der Waals surface area contributed by atoms with Crippen molar-refractivity contribution in [3.05, 3.63) is 44.6 Å². The summed E-state index contributed by atoms with van der Waals surface area (Å²) in [6.07, 6.45) is 1.71. The van der Waals surface area contributed by atoms with Crippen LogP contribution >= 0.6 is 34.5 Å². The summed E-state index contributed by atoms with van der Waals surface area (Å²) in [6.45, 7) is 1.52. The number of halogens is 2. The standard InChI is InChI=1S/C11H11Cl2N3S/c1-16(5-9-6-17-7-15-9)4-8-3-14-11(13)2-10(8)12/h2-3,6-7H,4-5H2,1H3. The summed E-state index contributed by atoms with van der Waals surface area (Å²) in [5, 5.41) is 3.11. The Kier molecular flexibility index (Phi) is 4.34. The molecule has 2 rings (SSSR count). The van der Waals surface area contributed by atoms with Gasteiger partial charge in [0.2, 0.25) is 0 Å². The highest BCUT2D eigenvalue weighted by Crippen LogP contribution is 2.20. The molecule has 17 heavy (non-hydrogen) atoms.